The molecule has 0 spiro atoms. The van der Waals surface area contributed by atoms with Crippen molar-refractivity contribution in [2.75, 3.05) is 10.0 Å². The van der Waals surface area contributed by atoms with Gasteiger partial charge < -0.3 is 5.32 Å². The van der Waals surface area contributed by atoms with E-state index in [-0.39, 0.29) is 15.4 Å². The highest BCUT2D eigenvalue weighted by Crippen LogP contribution is 2.25. The lowest BCUT2D eigenvalue weighted by Gasteiger charge is -2.08. The van der Waals surface area contributed by atoms with Crippen LogP contribution < -0.4 is 10.0 Å². The zero-order valence-electron chi connectivity index (χ0n) is 11.0. The highest BCUT2D eigenvalue weighted by Gasteiger charge is 2.21. The van der Waals surface area contributed by atoms with Crippen LogP contribution >= 0.6 is 22.9 Å². The fourth-order valence-electron chi connectivity index (χ4n) is 1.41. The van der Waals surface area contributed by atoms with Crippen molar-refractivity contribution >= 4 is 49.7 Å². The molecule has 0 bridgehead atoms. The molecule has 1 amide bonds. The van der Waals surface area contributed by atoms with E-state index >= 15 is 0 Å². The second kappa shape index (κ2) is 5.96. The molecule has 0 radical (unpaired) electrons. The molecule has 2 N–H and O–H groups in total. The first-order valence-corrected chi connectivity index (χ1v) is 8.36. The second-order valence-electron chi connectivity index (χ2n) is 4.12. The first kappa shape index (κ1) is 15.7. The van der Waals surface area contributed by atoms with Gasteiger partial charge in [0.1, 0.15) is 0 Å². The second-order valence-corrected chi connectivity index (χ2v) is 7.39. The van der Waals surface area contributed by atoms with Crippen LogP contribution in [0.2, 0.25) is 5.02 Å². The van der Waals surface area contributed by atoms with Gasteiger partial charge in [0.05, 0.1) is 5.69 Å². The Morgan fingerprint density at radius 3 is 2.71 bits per heavy atom. The molecule has 1 heterocycles. The van der Waals surface area contributed by atoms with Crippen LogP contribution in [-0.4, -0.2) is 24.5 Å². The van der Waals surface area contributed by atoms with E-state index in [1.165, 1.54) is 13.0 Å². The summed E-state index contributed by atoms with van der Waals surface area (Å²) in [7, 11) is -3.88. The van der Waals surface area contributed by atoms with Crippen molar-refractivity contribution < 1.29 is 13.2 Å². The number of anilines is 2. The van der Waals surface area contributed by atoms with Gasteiger partial charge in [-0.2, -0.15) is 8.42 Å². The summed E-state index contributed by atoms with van der Waals surface area (Å²) in [6.45, 7) is 3.04. The number of benzene rings is 1. The Morgan fingerprint density at radius 2 is 2.05 bits per heavy atom. The molecule has 1 aromatic carbocycles. The van der Waals surface area contributed by atoms with Crippen LogP contribution in [0.4, 0.5) is 10.8 Å². The zero-order valence-corrected chi connectivity index (χ0v) is 13.4. The molecule has 2 aromatic rings. The van der Waals surface area contributed by atoms with Crippen molar-refractivity contribution in [3.63, 3.8) is 0 Å². The quantitative estimate of drug-likeness (QED) is 0.827. The Balaban J connectivity index is 2.28. The van der Waals surface area contributed by atoms with E-state index in [4.69, 9.17) is 11.6 Å². The molecule has 0 aliphatic heterocycles. The summed E-state index contributed by atoms with van der Waals surface area (Å²) in [5.41, 5.74) is 1.08. The number of aromatic nitrogens is 2. The summed E-state index contributed by atoms with van der Waals surface area (Å²) in [4.78, 5) is 10.9. The summed E-state index contributed by atoms with van der Waals surface area (Å²) in [6.07, 6.45) is 0. The minimum atomic E-state index is -3.88. The number of sulfonamides is 1. The van der Waals surface area contributed by atoms with Crippen molar-refractivity contribution in [2.45, 2.75) is 18.2 Å². The minimum Gasteiger partial charge on any atom is -0.301 e. The van der Waals surface area contributed by atoms with E-state index in [2.05, 4.69) is 20.2 Å². The summed E-state index contributed by atoms with van der Waals surface area (Å²) in [5.74, 6) is -0.353. The van der Waals surface area contributed by atoms with Gasteiger partial charge in [-0.15, -0.1) is 10.2 Å². The van der Waals surface area contributed by atoms with Crippen LogP contribution in [0.1, 0.15) is 12.5 Å². The fourth-order valence-corrected chi connectivity index (χ4v) is 3.65. The van der Waals surface area contributed by atoms with Gasteiger partial charge in [-0.25, -0.2) is 0 Å². The summed E-state index contributed by atoms with van der Waals surface area (Å²) in [6, 6.07) is 4.86. The molecule has 10 heteroatoms. The number of amides is 1. The molecule has 0 fully saturated rings. The maximum atomic E-state index is 12.2. The van der Waals surface area contributed by atoms with E-state index in [1.807, 2.05) is 0 Å². The van der Waals surface area contributed by atoms with Gasteiger partial charge in [0.15, 0.2) is 0 Å². The predicted octanol–water partition coefficient (Wildman–Crippen LogP) is 2.26. The number of nitrogens with one attached hydrogen (secondary N) is 2. The standard InChI is InChI=1S/C11H11ClN4O3S2/c1-6-3-4-8(12)5-9(6)16-21(18,19)11-15-14-10(20-11)13-7(2)17/h3-5,16H,1-2H3,(H,13,14,17). The molecule has 0 saturated carbocycles. The number of carbonyl (C=O) groups is 1. The number of aryl methyl sites for hydroxylation is 1. The largest absolute Gasteiger partial charge is 0.301 e. The summed E-state index contributed by atoms with van der Waals surface area (Å²) in [5, 5.41) is 10.1. The number of carbonyl (C=O) groups excluding carboxylic acids is 1. The fraction of sp³-hybridized carbons (Fsp3) is 0.182. The third kappa shape index (κ3) is 3.90. The molecule has 0 atom stereocenters. The van der Waals surface area contributed by atoms with Crippen LogP contribution in [0.3, 0.4) is 0 Å². The molecule has 0 saturated heterocycles. The van der Waals surface area contributed by atoms with E-state index in [0.717, 1.165) is 16.9 Å². The Hall–Kier alpha value is -1.71. The number of halogens is 1. The van der Waals surface area contributed by atoms with Gasteiger partial charge >= 0.3 is 0 Å². The number of rotatable bonds is 4. The Morgan fingerprint density at radius 1 is 1.33 bits per heavy atom. The van der Waals surface area contributed by atoms with Gasteiger partial charge in [0.2, 0.25) is 11.0 Å². The van der Waals surface area contributed by atoms with Gasteiger partial charge in [0.25, 0.3) is 14.4 Å². The Bertz CT molecular complexity index is 789. The number of hydrogen-bond acceptors (Lipinski definition) is 6. The molecule has 112 valence electrons. The average Bonchev–Trinajstić information content (AvgIpc) is 2.82. The molecule has 1 aromatic heterocycles. The first-order valence-electron chi connectivity index (χ1n) is 5.68. The van der Waals surface area contributed by atoms with E-state index in [0.29, 0.717) is 10.7 Å². The number of nitrogens with zero attached hydrogens (tertiary/aromatic N) is 2. The molecular formula is C11H11ClN4O3S2. The lowest BCUT2D eigenvalue weighted by Crippen LogP contribution is -2.13. The van der Waals surface area contributed by atoms with Crippen molar-refractivity contribution in [2.24, 2.45) is 0 Å². The first-order chi connectivity index (χ1) is 9.78. The summed E-state index contributed by atoms with van der Waals surface area (Å²) < 4.78 is 26.6. The normalized spacial score (nSPS) is 11.2. The molecule has 0 aliphatic rings. The minimum absolute atomic E-state index is 0.116. The average molecular weight is 347 g/mol. The topological polar surface area (TPSA) is 101 Å². The third-order valence-electron chi connectivity index (χ3n) is 2.36. The lowest BCUT2D eigenvalue weighted by atomic mass is 10.2. The van der Waals surface area contributed by atoms with Gasteiger partial charge in [-0.05, 0) is 24.6 Å². The van der Waals surface area contributed by atoms with Gasteiger partial charge in [0, 0.05) is 11.9 Å². The molecule has 0 unspecified atom stereocenters. The van der Waals surface area contributed by atoms with Gasteiger partial charge in [-0.3, -0.25) is 9.52 Å². The molecule has 0 aliphatic carbocycles. The SMILES string of the molecule is CC(=O)Nc1nnc(S(=O)(=O)Nc2cc(Cl)ccc2C)s1. The van der Waals surface area contributed by atoms with E-state index in [1.54, 1.807) is 19.1 Å². The van der Waals surface area contributed by atoms with E-state index in [9.17, 15) is 13.2 Å². The lowest BCUT2D eigenvalue weighted by molar-refractivity contribution is -0.114. The smallest absolute Gasteiger partial charge is 0.291 e. The Labute approximate surface area is 130 Å². The molecule has 7 nitrogen and oxygen atoms in total. The van der Waals surface area contributed by atoms with Crippen molar-refractivity contribution in [3.05, 3.63) is 28.8 Å². The van der Waals surface area contributed by atoms with Crippen molar-refractivity contribution in [1.82, 2.24) is 10.2 Å². The summed E-state index contributed by atoms with van der Waals surface area (Å²) >= 11 is 6.61. The predicted molar refractivity (Wildman–Crippen MR) is 81.2 cm³/mol. The maximum Gasteiger partial charge on any atom is 0.291 e. The van der Waals surface area contributed by atoms with Crippen molar-refractivity contribution in [1.29, 1.82) is 0 Å². The van der Waals surface area contributed by atoms with Crippen LogP contribution in [0.5, 0.6) is 0 Å². The van der Waals surface area contributed by atoms with Crippen LogP contribution in [0.15, 0.2) is 22.5 Å². The van der Waals surface area contributed by atoms with Crippen LogP contribution in [0.25, 0.3) is 0 Å². The molecule has 21 heavy (non-hydrogen) atoms. The monoisotopic (exact) mass is 346 g/mol. The third-order valence-corrected chi connectivity index (χ3v) is 5.17. The molecular weight excluding hydrogens is 336 g/mol. The maximum absolute atomic E-state index is 12.2. The van der Waals surface area contributed by atoms with Crippen LogP contribution in [-0.2, 0) is 14.8 Å². The van der Waals surface area contributed by atoms with Crippen molar-refractivity contribution in [3.8, 4) is 0 Å². The van der Waals surface area contributed by atoms with Gasteiger partial charge in [-0.1, -0.05) is 29.0 Å². The van der Waals surface area contributed by atoms with E-state index < -0.39 is 10.0 Å². The highest BCUT2D eigenvalue weighted by atomic mass is 35.5. The molecule has 2 rings (SSSR count). The number of hydrogen-bond donors (Lipinski definition) is 2. The zero-order chi connectivity index (χ0) is 15.6. The Kier molecular flexibility index (Phi) is 4.45. The highest BCUT2D eigenvalue weighted by molar-refractivity contribution is 7.94. The van der Waals surface area contributed by atoms with Crippen LogP contribution in [0, 0.1) is 6.92 Å².